The van der Waals surface area contributed by atoms with Crippen molar-refractivity contribution in [1.29, 1.82) is 0 Å². The van der Waals surface area contributed by atoms with Crippen molar-refractivity contribution in [3.8, 4) is 0 Å². The number of rotatable bonds is 11. The number of carbonyl (C=O) groups excluding carboxylic acids is 2. The number of aromatic nitrogens is 1. The fourth-order valence-electron chi connectivity index (χ4n) is 4.19. The molecule has 0 atom stereocenters. The highest BCUT2D eigenvalue weighted by Gasteiger charge is 2.22. The molecule has 4 aromatic rings. The number of aromatic amines is 1. The molecular weight excluding hydrogens is 442 g/mol. The van der Waals surface area contributed by atoms with Crippen molar-refractivity contribution in [2.45, 2.75) is 32.7 Å². The fourth-order valence-corrected chi connectivity index (χ4v) is 4.88. The first-order valence-corrected chi connectivity index (χ1v) is 12.7. The van der Waals surface area contributed by atoms with Gasteiger partial charge in [0.05, 0.1) is 13.0 Å². The third kappa shape index (κ3) is 6.14. The molecule has 0 saturated heterocycles. The van der Waals surface area contributed by atoms with E-state index in [1.807, 2.05) is 78.0 Å². The van der Waals surface area contributed by atoms with Gasteiger partial charge in [0.25, 0.3) is 0 Å². The lowest BCUT2D eigenvalue weighted by Crippen LogP contribution is -2.44. The molecule has 0 bridgehead atoms. The molecule has 5 nitrogen and oxygen atoms in total. The number of thiophene rings is 1. The maximum Gasteiger partial charge on any atom is 0.242 e. The van der Waals surface area contributed by atoms with Gasteiger partial charge in [-0.2, -0.15) is 0 Å². The summed E-state index contributed by atoms with van der Waals surface area (Å²) < 4.78 is 0. The molecule has 176 valence electrons. The van der Waals surface area contributed by atoms with Gasteiger partial charge in [-0.05, 0) is 41.5 Å². The van der Waals surface area contributed by atoms with E-state index < -0.39 is 0 Å². The minimum atomic E-state index is -0.0170. The molecule has 0 unspecified atom stereocenters. The van der Waals surface area contributed by atoms with E-state index >= 15 is 0 Å². The Labute approximate surface area is 205 Å². The monoisotopic (exact) mass is 473 g/mol. The van der Waals surface area contributed by atoms with Crippen LogP contribution in [0.5, 0.6) is 0 Å². The zero-order chi connectivity index (χ0) is 23.8. The highest BCUT2D eigenvalue weighted by Crippen LogP contribution is 2.19. The Kier molecular flexibility index (Phi) is 8.15. The molecule has 34 heavy (non-hydrogen) atoms. The molecule has 0 spiro atoms. The quantitative estimate of drug-likeness (QED) is 0.322. The average Bonchev–Trinajstić information content (AvgIpc) is 3.52. The predicted octanol–water partition coefficient (Wildman–Crippen LogP) is 5.28. The van der Waals surface area contributed by atoms with Crippen LogP contribution in [0.4, 0.5) is 0 Å². The van der Waals surface area contributed by atoms with Crippen LogP contribution in [0.1, 0.15) is 29.3 Å². The van der Waals surface area contributed by atoms with Crippen LogP contribution < -0.4 is 0 Å². The summed E-state index contributed by atoms with van der Waals surface area (Å²) in [5.74, 6) is -0.00869. The summed E-state index contributed by atoms with van der Waals surface area (Å²) >= 11 is 1.58. The number of nitrogens with zero attached hydrogens (tertiary/aromatic N) is 2. The van der Waals surface area contributed by atoms with Gasteiger partial charge in [-0.15, -0.1) is 11.3 Å². The van der Waals surface area contributed by atoms with Crippen molar-refractivity contribution >= 4 is 34.1 Å². The standard InChI is InChI=1S/C28H31N3O2S/c1-2-15-30(27(32)18-24-11-8-17-34-24)21-28(33)31(20-22-9-4-3-5-10-22)16-14-23-19-29-26-13-7-6-12-25(23)26/h3-13,17,19,29H,2,14-16,18,20-21H2,1H3. The van der Waals surface area contributed by atoms with Crippen LogP contribution >= 0.6 is 11.3 Å². The van der Waals surface area contributed by atoms with Gasteiger partial charge in [-0.25, -0.2) is 0 Å². The van der Waals surface area contributed by atoms with E-state index in [1.165, 1.54) is 10.9 Å². The van der Waals surface area contributed by atoms with Crippen molar-refractivity contribution in [2.75, 3.05) is 19.6 Å². The van der Waals surface area contributed by atoms with Crippen molar-refractivity contribution in [2.24, 2.45) is 0 Å². The topological polar surface area (TPSA) is 56.4 Å². The third-order valence-electron chi connectivity index (χ3n) is 5.97. The first kappa shape index (κ1) is 23.8. The summed E-state index contributed by atoms with van der Waals surface area (Å²) in [6.07, 6.45) is 3.94. The summed E-state index contributed by atoms with van der Waals surface area (Å²) in [5, 5.41) is 3.16. The van der Waals surface area contributed by atoms with Crippen LogP contribution in [0, 0.1) is 0 Å². The molecule has 4 rings (SSSR count). The Morgan fingerprint density at radius 3 is 2.44 bits per heavy atom. The molecular formula is C28H31N3O2S. The lowest BCUT2D eigenvalue weighted by atomic mass is 10.1. The van der Waals surface area contributed by atoms with Crippen LogP contribution in [0.25, 0.3) is 10.9 Å². The number of carbonyl (C=O) groups is 2. The van der Waals surface area contributed by atoms with Crippen molar-refractivity contribution in [1.82, 2.24) is 14.8 Å². The number of amides is 2. The average molecular weight is 474 g/mol. The second kappa shape index (κ2) is 11.7. The van der Waals surface area contributed by atoms with Crippen molar-refractivity contribution in [3.63, 3.8) is 0 Å². The molecule has 2 heterocycles. The maximum atomic E-state index is 13.5. The van der Waals surface area contributed by atoms with Gasteiger partial charge in [0.1, 0.15) is 0 Å². The van der Waals surface area contributed by atoms with E-state index in [0.29, 0.717) is 26.1 Å². The van der Waals surface area contributed by atoms with E-state index in [2.05, 4.69) is 17.1 Å². The Balaban J connectivity index is 1.48. The Morgan fingerprint density at radius 1 is 0.882 bits per heavy atom. The largest absolute Gasteiger partial charge is 0.361 e. The van der Waals surface area contributed by atoms with Gasteiger partial charge >= 0.3 is 0 Å². The van der Waals surface area contributed by atoms with Gasteiger partial charge < -0.3 is 14.8 Å². The molecule has 2 aromatic heterocycles. The number of hydrogen-bond acceptors (Lipinski definition) is 3. The molecule has 0 aliphatic heterocycles. The Bertz CT molecular complexity index is 1200. The highest BCUT2D eigenvalue weighted by molar-refractivity contribution is 7.10. The van der Waals surface area contributed by atoms with E-state index in [9.17, 15) is 9.59 Å². The SMILES string of the molecule is CCCN(CC(=O)N(CCc1c[nH]c2ccccc12)Cc1ccccc1)C(=O)Cc1cccs1. The highest BCUT2D eigenvalue weighted by atomic mass is 32.1. The molecule has 1 N–H and O–H groups in total. The Morgan fingerprint density at radius 2 is 1.68 bits per heavy atom. The molecule has 2 amide bonds. The second-order valence-electron chi connectivity index (χ2n) is 8.48. The summed E-state index contributed by atoms with van der Waals surface area (Å²) in [7, 11) is 0. The number of para-hydroxylation sites is 1. The third-order valence-corrected chi connectivity index (χ3v) is 6.85. The van der Waals surface area contributed by atoms with Gasteiger partial charge in [-0.3, -0.25) is 9.59 Å². The maximum absolute atomic E-state index is 13.5. The van der Waals surface area contributed by atoms with Crippen LogP contribution in [0.2, 0.25) is 0 Å². The number of hydrogen-bond donors (Lipinski definition) is 1. The number of benzene rings is 2. The molecule has 0 fully saturated rings. The second-order valence-corrected chi connectivity index (χ2v) is 9.51. The summed E-state index contributed by atoms with van der Waals surface area (Å²) in [4.78, 5) is 34.4. The zero-order valence-electron chi connectivity index (χ0n) is 19.6. The van der Waals surface area contributed by atoms with Crippen LogP contribution in [-0.2, 0) is 29.0 Å². The molecule has 0 saturated carbocycles. The molecule has 0 aliphatic carbocycles. The van der Waals surface area contributed by atoms with E-state index in [-0.39, 0.29) is 18.4 Å². The number of H-pyrrole nitrogens is 1. The lowest BCUT2D eigenvalue weighted by molar-refractivity contribution is -0.140. The zero-order valence-corrected chi connectivity index (χ0v) is 20.4. The number of fused-ring (bicyclic) bond motifs is 1. The minimum Gasteiger partial charge on any atom is -0.361 e. The van der Waals surface area contributed by atoms with Gasteiger partial charge in [0.2, 0.25) is 11.8 Å². The van der Waals surface area contributed by atoms with Crippen molar-refractivity contribution < 1.29 is 9.59 Å². The minimum absolute atomic E-state index is 0.00828. The first-order chi connectivity index (χ1) is 16.6. The van der Waals surface area contributed by atoms with Gasteiger partial charge in [0.15, 0.2) is 0 Å². The van der Waals surface area contributed by atoms with Gasteiger partial charge in [0, 0.05) is 41.6 Å². The summed E-state index contributed by atoms with van der Waals surface area (Å²) in [5.41, 5.74) is 3.38. The normalized spacial score (nSPS) is 11.0. The summed E-state index contributed by atoms with van der Waals surface area (Å²) in [6, 6.07) is 22.2. The smallest absolute Gasteiger partial charge is 0.242 e. The lowest BCUT2D eigenvalue weighted by Gasteiger charge is -2.28. The van der Waals surface area contributed by atoms with Crippen LogP contribution in [0.15, 0.2) is 78.3 Å². The fraction of sp³-hybridized carbons (Fsp3) is 0.286. The van der Waals surface area contributed by atoms with E-state index in [4.69, 9.17) is 0 Å². The van der Waals surface area contributed by atoms with E-state index in [0.717, 1.165) is 28.8 Å². The molecule has 0 radical (unpaired) electrons. The van der Waals surface area contributed by atoms with Crippen LogP contribution in [0.3, 0.4) is 0 Å². The van der Waals surface area contributed by atoms with Crippen molar-refractivity contribution in [3.05, 3.63) is 94.3 Å². The van der Waals surface area contributed by atoms with Crippen LogP contribution in [-0.4, -0.2) is 46.2 Å². The number of nitrogens with one attached hydrogen (secondary N) is 1. The first-order valence-electron chi connectivity index (χ1n) is 11.8. The molecule has 2 aromatic carbocycles. The molecule has 0 aliphatic rings. The summed E-state index contributed by atoms with van der Waals surface area (Å²) in [6.45, 7) is 3.85. The van der Waals surface area contributed by atoms with E-state index in [1.54, 1.807) is 16.2 Å². The predicted molar refractivity (Wildman–Crippen MR) is 139 cm³/mol. The Hall–Kier alpha value is -3.38. The van der Waals surface area contributed by atoms with Gasteiger partial charge in [-0.1, -0.05) is 61.5 Å². The molecule has 6 heteroatoms.